The Hall–Kier alpha value is -2.21. The smallest absolute Gasteiger partial charge is 0.264 e. The van der Waals surface area contributed by atoms with E-state index in [-0.39, 0.29) is 22.9 Å². The average Bonchev–Trinajstić information content (AvgIpc) is 2.72. The van der Waals surface area contributed by atoms with Gasteiger partial charge in [-0.2, -0.15) is 0 Å². The Kier molecular flexibility index (Phi) is 3.33. The van der Waals surface area contributed by atoms with Crippen LogP contribution >= 0.6 is 0 Å². The minimum Gasteiger partial charge on any atom is -0.504 e. The van der Waals surface area contributed by atoms with Gasteiger partial charge in [0, 0.05) is 18.0 Å². The number of aromatic hydroxyl groups is 2. The molecule has 0 saturated carbocycles. The lowest BCUT2D eigenvalue weighted by Gasteiger charge is -2.22. The first-order valence-electron chi connectivity index (χ1n) is 7.29. The fourth-order valence-electron chi connectivity index (χ4n) is 2.90. The van der Waals surface area contributed by atoms with Crippen LogP contribution in [0.15, 0.2) is 41.3 Å². The Labute approximate surface area is 135 Å². The molecule has 0 bridgehead atoms. The van der Waals surface area contributed by atoms with Gasteiger partial charge in [0.15, 0.2) is 11.5 Å². The molecule has 1 heterocycles. The summed E-state index contributed by atoms with van der Waals surface area (Å²) in [7, 11) is -3.73. The van der Waals surface area contributed by atoms with E-state index in [0.29, 0.717) is 11.3 Å². The summed E-state index contributed by atoms with van der Waals surface area (Å²) in [6.07, 6.45) is 0. The first-order chi connectivity index (χ1) is 10.6. The topological polar surface area (TPSA) is 77.8 Å². The number of rotatable bonds is 2. The number of fused-ring (bicyclic) bond motifs is 1. The molecular weight excluding hydrogens is 314 g/mol. The summed E-state index contributed by atoms with van der Waals surface area (Å²) in [5.74, 6) is -0.572. The third kappa shape index (κ3) is 2.43. The molecule has 0 aliphatic carbocycles. The zero-order chi connectivity index (χ0) is 17.0. The van der Waals surface area contributed by atoms with E-state index in [9.17, 15) is 18.6 Å². The molecular formula is C17H19NO4S. The van der Waals surface area contributed by atoms with Gasteiger partial charge < -0.3 is 10.2 Å². The van der Waals surface area contributed by atoms with Crippen molar-refractivity contribution in [2.45, 2.75) is 31.1 Å². The maximum absolute atomic E-state index is 13.0. The number of hydrogen-bond donors (Lipinski definition) is 2. The van der Waals surface area contributed by atoms with E-state index in [1.165, 1.54) is 16.4 Å². The van der Waals surface area contributed by atoms with E-state index in [1.54, 1.807) is 24.3 Å². The molecule has 2 aromatic carbocycles. The summed E-state index contributed by atoms with van der Waals surface area (Å²) in [6, 6.07) is 9.42. The molecule has 0 aromatic heterocycles. The number of aryl methyl sites for hydroxylation is 1. The van der Waals surface area contributed by atoms with Crippen molar-refractivity contribution < 1.29 is 18.6 Å². The molecule has 1 aliphatic heterocycles. The molecule has 0 spiro atoms. The number of phenols is 2. The molecule has 2 N–H and O–H groups in total. The first-order valence-corrected chi connectivity index (χ1v) is 8.73. The van der Waals surface area contributed by atoms with Gasteiger partial charge in [0.2, 0.25) is 0 Å². The van der Waals surface area contributed by atoms with Crippen LogP contribution in [0.25, 0.3) is 0 Å². The van der Waals surface area contributed by atoms with Crippen molar-refractivity contribution in [2.24, 2.45) is 0 Å². The zero-order valence-corrected chi connectivity index (χ0v) is 14.1. The van der Waals surface area contributed by atoms with E-state index in [1.807, 2.05) is 20.8 Å². The van der Waals surface area contributed by atoms with E-state index in [2.05, 4.69) is 0 Å². The van der Waals surface area contributed by atoms with Crippen molar-refractivity contribution in [3.8, 4) is 11.5 Å². The molecule has 6 heteroatoms. The molecule has 122 valence electrons. The number of benzene rings is 2. The minimum atomic E-state index is -3.73. The maximum Gasteiger partial charge on any atom is 0.264 e. The van der Waals surface area contributed by atoms with Gasteiger partial charge in [0.05, 0.1) is 10.6 Å². The van der Waals surface area contributed by atoms with Crippen molar-refractivity contribution in [3.05, 3.63) is 47.5 Å². The van der Waals surface area contributed by atoms with Crippen LogP contribution in [0.5, 0.6) is 11.5 Å². The molecule has 0 fully saturated rings. The lowest BCUT2D eigenvalue weighted by molar-refractivity contribution is 0.402. The van der Waals surface area contributed by atoms with Crippen LogP contribution in [0.2, 0.25) is 0 Å². The quantitative estimate of drug-likeness (QED) is 0.829. The van der Waals surface area contributed by atoms with Crippen LogP contribution < -0.4 is 4.31 Å². The SMILES string of the molecule is Cc1ccc(S(=O)(=O)N2CC(C)(C)c3cc(O)c(O)cc32)cc1. The van der Waals surface area contributed by atoms with Gasteiger partial charge in [-0.05, 0) is 30.7 Å². The van der Waals surface area contributed by atoms with Gasteiger partial charge >= 0.3 is 0 Å². The van der Waals surface area contributed by atoms with Gasteiger partial charge in [-0.25, -0.2) is 8.42 Å². The van der Waals surface area contributed by atoms with Gasteiger partial charge in [-0.3, -0.25) is 4.31 Å². The molecule has 0 radical (unpaired) electrons. The van der Waals surface area contributed by atoms with Crippen LogP contribution in [-0.2, 0) is 15.4 Å². The summed E-state index contributed by atoms with van der Waals surface area (Å²) in [5.41, 5.74) is 1.63. The lowest BCUT2D eigenvalue weighted by atomic mass is 9.87. The van der Waals surface area contributed by atoms with Gasteiger partial charge in [0.25, 0.3) is 10.0 Å². The third-order valence-corrected chi connectivity index (χ3v) is 6.01. The highest BCUT2D eigenvalue weighted by Crippen LogP contribution is 2.47. The predicted octanol–water partition coefficient (Wildman–Crippen LogP) is 2.89. The van der Waals surface area contributed by atoms with Crippen molar-refractivity contribution >= 4 is 15.7 Å². The van der Waals surface area contributed by atoms with E-state index < -0.39 is 15.4 Å². The van der Waals surface area contributed by atoms with Gasteiger partial charge in [-0.1, -0.05) is 31.5 Å². The molecule has 0 saturated heterocycles. The second-order valence-electron chi connectivity index (χ2n) is 6.57. The first kappa shape index (κ1) is 15.7. The fourth-order valence-corrected chi connectivity index (χ4v) is 4.53. The summed E-state index contributed by atoms with van der Waals surface area (Å²) in [5, 5.41) is 19.5. The van der Waals surface area contributed by atoms with Crippen molar-refractivity contribution in [1.82, 2.24) is 0 Å². The Bertz CT molecular complexity index is 870. The number of hydrogen-bond acceptors (Lipinski definition) is 4. The Morgan fingerprint density at radius 2 is 1.61 bits per heavy atom. The Morgan fingerprint density at radius 3 is 2.22 bits per heavy atom. The van der Waals surface area contributed by atoms with Crippen LogP contribution in [0.3, 0.4) is 0 Å². The largest absolute Gasteiger partial charge is 0.504 e. The maximum atomic E-state index is 13.0. The number of sulfonamides is 1. The molecule has 2 aromatic rings. The molecule has 5 nitrogen and oxygen atoms in total. The third-order valence-electron chi connectivity index (χ3n) is 4.24. The number of phenolic OH excluding ortho intramolecular Hbond substituents is 2. The molecule has 23 heavy (non-hydrogen) atoms. The summed E-state index contributed by atoms with van der Waals surface area (Å²) < 4.78 is 27.2. The molecule has 0 unspecified atom stereocenters. The highest BCUT2D eigenvalue weighted by atomic mass is 32.2. The van der Waals surface area contributed by atoms with Crippen LogP contribution in [0, 0.1) is 6.92 Å². The van der Waals surface area contributed by atoms with E-state index in [4.69, 9.17) is 0 Å². The second kappa shape index (κ2) is 4.89. The highest BCUT2D eigenvalue weighted by molar-refractivity contribution is 7.92. The highest BCUT2D eigenvalue weighted by Gasteiger charge is 2.42. The summed E-state index contributed by atoms with van der Waals surface area (Å²) >= 11 is 0. The standard InChI is InChI=1S/C17H19NO4S/c1-11-4-6-12(7-5-11)23(21,22)18-10-17(2,3)13-8-15(19)16(20)9-14(13)18/h4-9,19-20H,10H2,1-3H3. The normalized spacial score (nSPS) is 16.4. The van der Waals surface area contributed by atoms with E-state index >= 15 is 0 Å². The molecule has 3 rings (SSSR count). The van der Waals surface area contributed by atoms with Gasteiger partial charge in [-0.15, -0.1) is 0 Å². The molecule has 1 aliphatic rings. The fraction of sp³-hybridized carbons (Fsp3) is 0.294. The van der Waals surface area contributed by atoms with Crippen LogP contribution in [-0.4, -0.2) is 25.2 Å². The molecule has 0 atom stereocenters. The summed E-state index contributed by atoms with van der Waals surface area (Å²) in [4.78, 5) is 0.208. The lowest BCUT2D eigenvalue weighted by Crippen LogP contribution is -2.33. The second-order valence-corrected chi connectivity index (χ2v) is 8.43. The molecule has 0 amide bonds. The Morgan fingerprint density at radius 1 is 1.04 bits per heavy atom. The zero-order valence-electron chi connectivity index (χ0n) is 13.2. The van der Waals surface area contributed by atoms with Crippen molar-refractivity contribution in [3.63, 3.8) is 0 Å². The van der Waals surface area contributed by atoms with Gasteiger partial charge in [0.1, 0.15) is 0 Å². The van der Waals surface area contributed by atoms with E-state index in [0.717, 1.165) is 5.56 Å². The van der Waals surface area contributed by atoms with Crippen LogP contribution in [0.1, 0.15) is 25.0 Å². The van der Waals surface area contributed by atoms with Crippen molar-refractivity contribution in [1.29, 1.82) is 0 Å². The minimum absolute atomic E-state index is 0.208. The Balaban J connectivity index is 2.16. The monoisotopic (exact) mass is 333 g/mol. The average molecular weight is 333 g/mol. The number of anilines is 1. The predicted molar refractivity (Wildman–Crippen MR) is 88.5 cm³/mol. The number of nitrogens with zero attached hydrogens (tertiary/aromatic N) is 1. The van der Waals surface area contributed by atoms with Crippen molar-refractivity contribution in [2.75, 3.05) is 10.8 Å². The summed E-state index contributed by atoms with van der Waals surface area (Å²) in [6.45, 7) is 5.97. The van der Waals surface area contributed by atoms with Crippen LogP contribution in [0.4, 0.5) is 5.69 Å².